The van der Waals surface area contributed by atoms with Gasteiger partial charge in [-0.05, 0) is 26.0 Å². The second-order valence-corrected chi connectivity index (χ2v) is 3.35. The van der Waals surface area contributed by atoms with Gasteiger partial charge in [0.05, 0.1) is 6.10 Å². The van der Waals surface area contributed by atoms with E-state index in [1.165, 1.54) is 6.20 Å². The first-order chi connectivity index (χ1) is 7.09. The number of aromatic nitrogens is 1. The Labute approximate surface area is 88.3 Å². The second kappa shape index (κ2) is 5.24. The third-order valence-electron chi connectivity index (χ3n) is 1.62. The summed E-state index contributed by atoms with van der Waals surface area (Å²) in [6.07, 6.45) is 1.06. The summed E-state index contributed by atoms with van der Waals surface area (Å²) in [6, 6.07) is 4.99. The zero-order valence-corrected chi connectivity index (χ0v) is 8.77. The fourth-order valence-corrected chi connectivity index (χ4v) is 1.05. The van der Waals surface area contributed by atoms with Gasteiger partial charge in [0.15, 0.2) is 5.78 Å². The van der Waals surface area contributed by atoms with Crippen molar-refractivity contribution in [2.24, 2.45) is 0 Å². The number of esters is 1. The van der Waals surface area contributed by atoms with Crippen molar-refractivity contribution in [1.82, 2.24) is 4.98 Å². The number of pyridine rings is 1. The number of ketones is 1. The zero-order chi connectivity index (χ0) is 11.3. The molecule has 15 heavy (non-hydrogen) atoms. The lowest BCUT2D eigenvalue weighted by atomic mass is 10.2. The van der Waals surface area contributed by atoms with Crippen LogP contribution in [0.2, 0.25) is 0 Å². The number of carbonyl (C=O) groups excluding carboxylic acids is 2. The van der Waals surface area contributed by atoms with E-state index in [1.807, 2.05) is 0 Å². The Balaban J connectivity index is 2.53. The highest BCUT2D eigenvalue weighted by atomic mass is 16.5. The fourth-order valence-electron chi connectivity index (χ4n) is 1.05. The normalized spacial score (nSPS) is 10.1. The molecule has 0 saturated carbocycles. The summed E-state index contributed by atoms with van der Waals surface area (Å²) in [6.45, 7) is 3.48. The molecule has 0 aliphatic carbocycles. The van der Waals surface area contributed by atoms with E-state index in [0.29, 0.717) is 5.69 Å². The largest absolute Gasteiger partial charge is 0.463 e. The summed E-state index contributed by atoms with van der Waals surface area (Å²) in [5, 5.41) is 0. The van der Waals surface area contributed by atoms with Gasteiger partial charge >= 0.3 is 5.97 Å². The molecule has 0 aliphatic heterocycles. The van der Waals surface area contributed by atoms with Gasteiger partial charge in [-0.2, -0.15) is 0 Å². The molecular formula is C11H13NO3. The van der Waals surface area contributed by atoms with Gasteiger partial charge in [-0.15, -0.1) is 0 Å². The van der Waals surface area contributed by atoms with Gasteiger partial charge in [0, 0.05) is 6.20 Å². The van der Waals surface area contributed by atoms with Crippen LogP contribution >= 0.6 is 0 Å². The summed E-state index contributed by atoms with van der Waals surface area (Å²) >= 11 is 0. The molecule has 0 bridgehead atoms. The maximum absolute atomic E-state index is 11.5. The predicted molar refractivity (Wildman–Crippen MR) is 54.4 cm³/mol. The topological polar surface area (TPSA) is 56.3 Å². The lowest BCUT2D eigenvalue weighted by molar-refractivity contribution is -0.146. The van der Waals surface area contributed by atoms with Crippen molar-refractivity contribution in [2.75, 3.05) is 0 Å². The highest BCUT2D eigenvalue weighted by molar-refractivity contribution is 6.04. The van der Waals surface area contributed by atoms with Crippen LogP contribution in [0.4, 0.5) is 0 Å². The molecule has 1 heterocycles. The first-order valence-electron chi connectivity index (χ1n) is 4.73. The number of carbonyl (C=O) groups is 2. The molecular weight excluding hydrogens is 194 g/mol. The molecule has 1 rings (SSSR count). The Morgan fingerprint density at radius 1 is 1.40 bits per heavy atom. The smallest absolute Gasteiger partial charge is 0.314 e. The monoisotopic (exact) mass is 207 g/mol. The summed E-state index contributed by atoms with van der Waals surface area (Å²) in [5.74, 6) is -0.832. The Morgan fingerprint density at radius 3 is 2.67 bits per heavy atom. The Kier molecular flexibility index (Phi) is 3.97. The highest BCUT2D eigenvalue weighted by Crippen LogP contribution is 2.01. The van der Waals surface area contributed by atoms with E-state index in [2.05, 4.69) is 4.98 Å². The van der Waals surface area contributed by atoms with E-state index in [-0.39, 0.29) is 18.3 Å². The van der Waals surface area contributed by atoms with Crippen molar-refractivity contribution in [1.29, 1.82) is 0 Å². The molecule has 0 aromatic carbocycles. The van der Waals surface area contributed by atoms with Gasteiger partial charge in [0.2, 0.25) is 0 Å². The predicted octanol–water partition coefficient (Wildman–Crippen LogP) is 1.61. The number of hydrogen-bond acceptors (Lipinski definition) is 4. The van der Waals surface area contributed by atoms with E-state index in [4.69, 9.17) is 4.74 Å². The van der Waals surface area contributed by atoms with Crippen LogP contribution in [0.1, 0.15) is 30.8 Å². The maximum Gasteiger partial charge on any atom is 0.314 e. The molecule has 0 N–H and O–H groups in total. The van der Waals surface area contributed by atoms with Crippen LogP contribution in [0.5, 0.6) is 0 Å². The minimum Gasteiger partial charge on any atom is -0.463 e. The first kappa shape index (κ1) is 11.4. The number of nitrogens with zero attached hydrogens (tertiary/aromatic N) is 1. The molecule has 0 atom stereocenters. The maximum atomic E-state index is 11.5. The zero-order valence-electron chi connectivity index (χ0n) is 8.77. The molecule has 0 spiro atoms. The van der Waals surface area contributed by atoms with Crippen LogP contribution < -0.4 is 0 Å². The lowest BCUT2D eigenvalue weighted by Crippen LogP contribution is -2.16. The molecule has 0 unspecified atom stereocenters. The Bertz CT molecular complexity index is 346. The van der Waals surface area contributed by atoms with Gasteiger partial charge in [0.25, 0.3) is 0 Å². The molecule has 1 aromatic heterocycles. The first-order valence-corrected chi connectivity index (χ1v) is 4.73. The minimum atomic E-state index is -0.513. The Morgan fingerprint density at radius 2 is 2.13 bits per heavy atom. The molecule has 4 nitrogen and oxygen atoms in total. The van der Waals surface area contributed by atoms with Crippen LogP contribution in [-0.4, -0.2) is 22.8 Å². The lowest BCUT2D eigenvalue weighted by Gasteiger charge is -2.06. The standard InChI is InChI=1S/C11H13NO3/c1-8(2)15-11(14)7-10(13)9-5-3-4-6-12-9/h3-6,8H,7H2,1-2H3. The number of Topliss-reactive ketones (excluding diaryl/α,β-unsaturated/α-hetero) is 1. The molecule has 0 fully saturated rings. The van der Waals surface area contributed by atoms with Crippen LogP contribution in [-0.2, 0) is 9.53 Å². The summed E-state index contributed by atoms with van der Waals surface area (Å²) < 4.78 is 4.85. The van der Waals surface area contributed by atoms with Gasteiger partial charge in [0.1, 0.15) is 12.1 Å². The molecule has 0 radical (unpaired) electrons. The van der Waals surface area contributed by atoms with E-state index < -0.39 is 5.97 Å². The third-order valence-corrected chi connectivity index (χ3v) is 1.62. The van der Waals surface area contributed by atoms with Crippen molar-refractivity contribution >= 4 is 11.8 Å². The van der Waals surface area contributed by atoms with Crippen molar-refractivity contribution in [3.8, 4) is 0 Å². The van der Waals surface area contributed by atoms with Crippen LogP contribution in [0.25, 0.3) is 0 Å². The van der Waals surface area contributed by atoms with E-state index >= 15 is 0 Å². The number of ether oxygens (including phenoxy) is 1. The molecule has 0 aliphatic rings. The molecule has 0 saturated heterocycles. The van der Waals surface area contributed by atoms with Crippen molar-refractivity contribution in [2.45, 2.75) is 26.4 Å². The average Bonchev–Trinajstić information content (AvgIpc) is 2.17. The van der Waals surface area contributed by atoms with Crippen LogP contribution in [0.3, 0.4) is 0 Å². The molecule has 80 valence electrons. The highest BCUT2D eigenvalue weighted by Gasteiger charge is 2.14. The van der Waals surface area contributed by atoms with Crippen molar-refractivity contribution in [3.05, 3.63) is 30.1 Å². The van der Waals surface area contributed by atoms with E-state index in [9.17, 15) is 9.59 Å². The second-order valence-electron chi connectivity index (χ2n) is 3.35. The summed E-state index contributed by atoms with van der Waals surface area (Å²) in [7, 11) is 0. The van der Waals surface area contributed by atoms with Gasteiger partial charge < -0.3 is 4.74 Å². The van der Waals surface area contributed by atoms with Crippen LogP contribution in [0.15, 0.2) is 24.4 Å². The third kappa shape index (κ3) is 3.89. The molecule has 4 heteroatoms. The van der Waals surface area contributed by atoms with Crippen molar-refractivity contribution in [3.63, 3.8) is 0 Å². The van der Waals surface area contributed by atoms with Crippen LogP contribution in [0, 0.1) is 0 Å². The minimum absolute atomic E-state index is 0.200. The van der Waals surface area contributed by atoms with E-state index in [0.717, 1.165) is 0 Å². The molecule has 0 amide bonds. The summed E-state index contributed by atoms with van der Waals surface area (Å²) in [4.78, 5) is 26.5. The average molecular weight is 207 g/mol. The SMILES string of the molecule is CC(C)OC(=O)CC(=O)c1ccccn1. The molecule has 1 aromatic rings. The van der Waals surface area contributed by atoms with Crippen molar-refractivity contribution < 1.29 is 14.3 Å². The quantitative estimate of drug-likeness (QED) is 0.427. The summed E-state index contributed by atoms with van der Waals surface area (Å²) in [5.41, 5.74) is 0.290. The van der Waals surface area contributed by atoms with E-state index in [1.54, 1.807) is 32.0 Å². The number of rotatable bonds is 4. The van der Waals surface area contributed by atoms with Gasteiger partial charge in [-0.25, -0.2) is 0 Å². The Hall–Kier alpha value is -1.71. The van der Waals surface area contributed by atoms with Gasteiger partial charge in [-0.1, -0.05) is 6.07 Å². The fraction of sp³-hybridized carbons (Fsp3) is 0.364. The van der Waals surface area contributed by atoms with Gasteiger partial charge in [-0.3, -0.25) is 14.6 Å². The number of hydrogen-bond donors (Lipinski definition) is 0.